The highest BCUT2D eigenvalue weighted by Gasteiger charge is 2.56. The zero-order valence-corrected chi connectivity index (χ0v) is 14.7. The molecule has 0 unspecified atom stereocenters. The van der Waals surface area contributed by atoms with Gasteiger partial charge in [-0.2, -0.15) is 0 Å². The molecule has 3 heterocycles. The van der Waals surface area contributed by atoms with E-state index >= 15 is 0 Å². The van der Waals surface area contributed by atoms with Gasteiger partial charge in [0.2, 0.25) is 5.91 Å². The number of non-ortho nitro benzene ring substituents is 1. The van der Waals surface area contributed by atoms with Crippen molar-refractivity contribution in [1.82, 2.24) is 4.90 Å². The lowest BCUT2D eigenvalue weighted by atomic mass is 9.78. The van der Waals surface area contributed by atoms with E-state index in [0.717, 1.165) is 12.1 Å². The average molecular weight is 375 g/mol. The number of hydrogen-bond acceptors (Lipinski definition) is 6. The predicted molar refractivity (Wildman–Crippen MR) is 94.4 cm³/mol. The molecular weight excluding hydrogens is 354 g/mol. The molecule has 0 aromatic heterocycles. The monoisotopic (exact) mass is 375 g/mol. The lowest BCUT2D eigenvalue weighted by Crippen LogP contribution is -2.53. The van der Waals surface area contributed by atoms with Gasteiger partial charge < -0.3 is 19.6 Å². The van der Waals surface area contributed by atoms with Crippen LogP contribution in [0.4, 0.5) is 11.4 Å². The summed E-state index contributed by atoms with van der Waals surface area (Å²) < 4.78 is 5.70. The van der Waals surface area contributed by atoms with Crippen molar-refractivity contribution in [1.29, 1.82) is 0 Å². The van der Waals surface area contributed by atoms with Crippen LogP contribution in [0.5, 0.6) is 0 Å². The van der Waals surface area contributed by atoms with Crippen LogP contribution in [0.1, 0.15) is 12.8 Å². The molecule has 0 radical (unpaired) electrons. The predicted octanol–water partition coefficient (Wildman–Crippen LogP) is 1.12. The number of carboxylic acid groups (broad SMARTS) is 1. The maximum atomic E-state index is 13.0. The fraction of sp³-hybridized carbons (Fsp3) is 0.556. The summed E-state index contributed by atoms with van der Waals surface area (Å²) >= 11 is 0. The number of nitrogens with zero attached hydrogens (tertiary/aromatic N) is 3. The van der Waals surface area contributed by atoms with Crippen LogP contribution in [0.25, 0.3) is 0 Å². The van der Waals surface area contributed by atoms with E-state index in [2.05, 4.69) is 4.90 Å². The second kappa shape index (κ2) is 6.80. The summed E-state index contributed by atoms with van der Waals surface area (Å²) in [7, 11) is 0. The third kappa shape index (κ3) is 3.12. The number of amides is 1. The van der Waals surface area contributed by atoms with Crippen LogP contribution in [0.15, 0.2) is 24.3 Å². The summed E-state index contributed by atoms with van der Waals surface area (Å²) in [5.41, 5.74) is 0.919. The number of piperazine rings is 1. The van der Waals surface area contributed by atoms with Crippen LogP contribution in [0.3, 0.4) is 0 Å². The van der Waals surface area contributed by atoms with E-state index in [1.807, 2.05) is 0 Å². The number of ether oxygens (including phenoxy) is 1. The largest absolute Gasteiger partial charge is 0.481 e. The zero-order chi connectivity index (χ0) is 19.1. The standard InChI is InChI=1S/C18H21N3O6/c22-17(15-13-5-6-14(27-13)16(15)18(23)24)20-9-7-19(8-10-20)11-1-3-12(4-2-11)21(25)26/h1-4,13-16H,5-10H2,(H,23,24)/t13-,14+,15+,16+/m1/s1. The number of fused-ring (bicyclic) bond motifs is 2. The van der Waals surface area contributed by atoms with E-state index in [1.165, 1.54) is 12.1 Å². The first-order valence-corrected chi connectivity index (χ1v) is 9.12. The van der Waals surface area contributed by atoms with Gasteiger partial charge in [0.1, 0.15) is 0 Å². The number of rotatable bonds is 4. The Balaban J connectivity index is 1.39. The first-order chi connectivity index (χ1) is 13.0. The molecule has 27 heavy (non-hydrogen) atoms. The van der Waals surface area contributed by atoms with Crippen LogP contribution in [-0.4, -0.2) is 65.2 Å². The molecule has 2 bridgehead atoms. The van der Waals surface area contributed by atoms with E-state index in [-0.39, 0.29) is 23.8 Å². The maximum absolute atomic E-state index is 13.0. The van der Waals surface area contributed by atoms with Crippen molar-refractivity contribution >= 4 is 23.3 Å². The molecule has 1 amide bonds. The van der Waals surface area contributed by atoms with E-state index in [4.69, 9.17) is 4.74 Å². The maximum Gasteiger partial charge on any atom is 0.310 e. The van der Waals surface area contributed by atoms with Crippen LogP contribution < -0.4 is 4.90 Å². The lowest BCUT2D eigenvalue weighted by molar-refractivity contribution is -0.384. The molecule has 1 N–H and O–H groups in total. The van der Waals surface area contributed by atoms with E-state index in [9.17, 15) is 24.8 Å². The van der Waals surface area contributed by atoms with E-state index in [1.54, 1.807) is 17.0 Å². The Kier molecular flexibility index (Phi) is 4.47. The number of anilines is 1. The Hall–Kier alpha value is -2.68. The number of carbonyl (C=O) groups is 2. The van der Waals surface area contributed by atoms with Crippen molar-refractivity contribution in [2.24, 2.45) is 11.8 Å². The zero-order valence-electron chi connectivity index (χ0n) is 14.7. The lowest BCUT2D eigenvalue weighted by Gasteiger charge is -2.38. The van der Waals surface area contributed by atoms with Crippen LogP contribution in [-0.2, 0) is 14.3 Å². The second-order valence-corrected chi connectivity index (χ2v) is 7.27. The van der Waals surface area contributed by atoms with Gasteiger partial charge in [-0.15, -0.1) is 0 Å². The van der Waals surface area contributed by atoms with Gasteiger partial charge in [-0.3, -0.25) is 19.7 Å². The van der Waals surface area contributed by atoms with Gasteiger partial charge in [-0.1, -0.05) is 0 Å². The first kappa shape index (κ1) is 17.7. The normalized spacial score (nSPS) is 29.8. The molecule has 0 saturated carbocycles. The number of benzene rings is 1. The smallest absolute Gasteiger partial charge is 0.310 e. The van der Waals surface area contributed by atoms with Crippen molar-refractivity contribution < 1.29 is 24.4 Å². The highest BCUT2D eigenvalue weighted by atomic mass is 16.6. The minimum atomic E-state index is -0.954. The number of aliphatic carboxylic acids is 1. The number of hydrogen-bond donors (Lipinski definition) is 1. The SMILES string of the molecule is O=C(O)[C@@H]1[C@@H](C(=O)N2CCN(c3ccc([N+](=O)[O-])cc3)CC2)[C@H]2CC[C@@H]1O2. The molecular formula is C18H21N3O6. The third-order valence-electron chi connectivity index (χ3n) is 5.86. The Morgan fingerprint density at radius 1 is 1.04 bits per heavy atom. The van der Waals surface area contributed by atoms with Crippen molar-refractivity contribution in [3.05, 3.63) is 34.4 Å². The van der Waals surface area contributed by atoms with E-state index in [0.29, 0.717) is 32.6 Å². The van der Waals surface area contributed by atoms with Gasteiger partial charge in [0, 0.05) is 44.0 Å². The summed E-state index contributed by atoms with van der Waals surface area (Å²) in [6, 6.07) is 6.35. The molecule has 1 aromatic carbocycles. The fourth-order valence-corrected chi connectivity index (χ4v) is 4.49. The number of carboxylic acids is 1. The number of carbonyl (C=O) groups excluding carboxylic acids is 1. The molecule has 3 aliphatic rings. The quantitative estimate of drug-likeness (QED) is 0.620. The van der Waals surface area contributed by atoms with Crippen molar-refractivity contribution in [2.75, 3.05) is 31.1 Å². The first-order valence-electron chi connectivity index (χ1n) is 9.12. The molecule has 4 rings (SSSR count). The molecule has 9 nitrogen and oxygen atoms in total. The van der Waals surface area contributed by atoms with Gasteiger partial charge >= 0.3 is 5.97 Å². The summed E-state index contributed by atoms with van der Waals surface area (Å²) in [4.78, 5) is 38.7. The third-order valence-corrected chi connectivity index (χ3v) is 5.86. The van der Waals surface area contributed by atoms with Gasteiger partial charge in [-0.05, 0) is 25.0 Å². The number of nitro groups is 1. The van der Waals surface area contributed by atoms with Gasteiger partial charge in [0.25, 0.3) is 5.69 Å². The molecule has 3 fully saturated rings. The molecule has 144 valence electrons. The molecule has 0 spiro atoms. The molecule has 3 aliphatic heterocycles. The topological polar surface area (TPSA) is 113 Å². The molecule has 4 atom stereocenters. The molecule has 3 saturated heterocycles. The highest BCUT2D eigenvalue weighted by Crippen LogP contribution is 2.44. The van der Waals surface area contributed by atoms with Gasteiger partial charge in [0.05, 0.1) is 29.0 Å². The van der Waals surface area contributed by atoms with Crippen LogP contribution >= 0.6 is 0 Å². The highest BCUT2D eigenvalue weighted by molar-refractivity contribution is 5.86. The molecule has 9 heteroatoms. The minimum Gasteiger partial charge on any atom is -0.481 e. The van der Waals surface area contributed by atoms with Gasteiger partial charge in [0.15, 0.2) is 0 Å². The van der Waals surface area contributed by atoms with E-state index < -0.39 is 22.7 Å². The van der Waals surface area contributed by atoms with Crippen molar-refractivity contribution in [3.63, 3.8) is 0 Å². The van der Waals surface area contributed by atoms with Crippen molar-refractivity contribution in [2.45, 2.75) is 25.0 Å². The minimum absolute atomic E-state index is 0.0450. The molecule has 0 aliphatic carbocycles. The Morgan fingerprint density at radius 2 is 1.63 bits per heavy atom. The van der Waals surface area contributed by atoms with Gasteiger partial charge in [-0.25, -0.2) is 0 Å². The summed E-state index contributed by atoms with van der Waals surface area (Å²) in [5, 5.41) is 20.3. The van der Waals surface area contributed by atoms with Crippen LogP contribution in [0.2, 0.25) is 0 Å². The second-order valence-electron chi connectivity index (χ2n) is 7.27. The Bertz CT molecular complexity index is 759. The average Bonchev–Trinajstić information content (AvgIpc) is 3.29. The molecule has 1 aromatic rings. The summed E-state index contributed by atoms with van der Waals surface area (Å²) in [6.45, 7) is 2.19. The van der Waals surface area contributed by atoms with Crippen LogP contribution in [0, 0.1) is 22.0 Å². The fourth-order valence-electron chi connectivity index (χ4n) is 4.49. The summed E-state index contributed by atoms with van der Waals surface area (Å²) in [6.07, 6.45) is 0.826. The number of nitro benzene ring substituents is 1. The summed E-state index contributed by atoms with van der Waals surface area (Å²) in [5.74, 6) is -2.42. The van der Waals surface area contributed by atoms with Crippen molar-refractivity contribution in [3.8, 4) is 0 Å². The Morgan fingerprint density at radius 3 is 2.19 bits per heavy atom. The Labute approximate surface area is 155 Å².